The van der Waals surface area contributed by atoms with Gasteiger partial charge in [0.2, 0.25) is 11.9 Å². The summed E-state index contributed by atoms with van der Waals surface area (Å²) in [5, 5.41) is 17.3. The number of carboxylic acids is 1. The Kier molecular flexibility index (Phi) is 4.74. The van der Waals surface area contributed by atoms with Gasteiger partial charge < -0.3 is 14.6 Å². The number of nitrogens with zero attached hydrogens (tertiary/aromatic N) is 2. The highest BCUT2D eigenvalue weighted by molar-refractivity contribution is 8.04. The largest absolute Gasteiger partial charge is 0.477 e. The number of aliphatic carboxylic acids is 1. The molecule has 0 aliphatic carbocycles. The Hall–Kier alpha value is -2.97. The van der Waals surface area contributed by atoms with E-state index in [9.17, 15) is 9.90 Å². The number of hydrogen-bond donors (Lipinski definition) is 2. The van der Waals surface area contributed by atoms with Gasteiger partial charge in [0.05, 0.1) is 0 Å². The van der Waals surface area contributed by atoms with Crippen molar-refractivity contribution in [2.75, 3.05) is 6.79 Å². The van der Waals surface area contributed by atoms with Gasteiger partial charge in [-0.2, -0.15) is 0 Å². The van der Waals surface area contributed by atoms with Crippen LogP contribution in [0.3, 0.4) is 0 Å². The first-order valence-corrected chi connectivity index (χ1v) is 8.99. The summed E-state index contributed by atoms with van der Waals surface area (Å²) in [7, 11) is 0. The summed E-state index contributed by atoms with van der Waals surface area (Å²) < 4.78 is 10.6. The van der Waals surface area contributed by atoms with Crippen LogP contribution in [0.15, 0.2) is 52.5 Å². The lowest BCUT2D eigenvalue weighted by atomic mass is 10.2. The molecule has 7 nitrogen and oxygen atoms in total. The fourth-order valence-electron chi connectivity index (χ4n) is 2.42. The van der Waals surface area contributed by atoms with Crippen LogP contribution in [0.5, 0.6) is 11.5 Å². The Morgan fingerprint density at radius 1 is 1.19 bits per heavy atom. The average molecular weight is 402 g/mol. The molecule has 0 spiro atoms. The van der Waals surface area contributed by atoms with Gasteiger partial charge in [0.1, 0.15) is 4.91 Å². The van der Waals surface area contributed by atoms with Crippen molar-refractivity contribution in [2.24, 2.45) is 0 Å². The minimum Gasteiger partial charge on any atom is -0.477 e. The number of H-pyrrole nitrogens is 1. The Morgan fingerprint density at radius 2 is 1.96 bits per heavy atom. The van der Waals surface area contributed by atoms with Crippen LogP contribution in [-0.4, -0.2) is 33.1 Å². The van der Waals surface area contributed by atoms with Crippen molar-refractivity contribution in [2.45, 2.75) is 5.16 Å². The predicted octanol–water partition coefficient (Wildman–Crippen LogP) is 4.07. The molecule has 1 aliphatic rings. The Balaban J connectivity index is 1.57. The van der Waals surface area contributed by atoms with E-state index in [0.717, 1.165) is 17.3 Å². The molecular weight excluding hydrogens is 390 g/mol. The highest BCUT2D eigenvalue weighted by Crippen LogP contribution is 2.34. The van der Waals surface area contributed by atoms with Crippen LogP contribution < -0.4 is 9.47 Å². The molecule has 136 valence electrons. The second-order valence-corrected chi connectivity index (χ2v) is 6.95. The van der Waals surface area contributed by atoms with Crippen LogP contribution in [0.4, 0.5) is 0 Å². The third-order valence-corrected chi connectivity index (χ3v) is 4.82. The van der Waals surface area contributed by atoms with E-state index < -0.39 is 5.97 Å². The lowest BCUT2D eigenvalue weighted by Crippen LogP contribution is -1.97. The topological polar surface area (TPSA) is 97.3 Å². The van der Waals surface area contributed by atoms with E-state index in [-0.39, 0.29) is 11.7 Å². The summed E-state index contributed by atoms with van der Waals surface area (Å²) in [4.78, 5) is 16.0. The number of fused-ring (bicyclic) bond motifs is 1. The van der Waals surface area contributed by atoms with Crippen LogP contribution in [0.25, 0.3) is 17.5 Å². The zero-order valence-corrected chi connectivity index (χ0v) is 15.3. The van der Waals surface area contributed by atoms with Gasteiger partial charge >= 0.3 is 5.97 Å². The van der Waals surface area contributed by atoms with Crippen LogP contribution in [0, 0.1) is 0 Å². The summed E-state index contributed by atoms with van der Waals surface area (Å²) in [6.07, 6.45) is 1.54. The van der Waals surface area contributed by atoms with E-state index in [1.165, 1.54) is 6.08 Å². The zero-order chi connectivity index (χ0) is 18.8. The molecule has 0 saturated heterocycles. The smallest absolute Gasteiger partial charge is 0.342 e. The number of halogens is 1. The standard InChI is InChI=1S/C18H12ClN3O4S/c19-12-4-2-11(3-5-12)16-20-18(22-21-16)27-15(17(23)24)8-10-1-6-13-14(7-10)26-9-25-13/h1-8H,9H2,(H,23,24)(H,20,21,22)/b15-8-. The SMILES string of the molecule is O=C(O)/C(=C/c1ccc2c(c1)OCO2)Sc1n[nH]c(-c2ccc(Cl)cc2)n1. The lowest BCUT2D eigenvalue weighted by Gasteiger charge is -2.01. The highest BCUT2D eigenvalue weighted by Gasteiger charge is 2.16. The summed E-state index contributed by atoms with van der Waals surface area (Å²) in [6.45, 7) is 0.160. The van der Waals surface area contributed by atoms with Gasteiger partial charge in [-0.15, -0.1) is 5.10 Å². The van der Waals surface area contributed by atoms with Crippen LogP contribution in [0.2, 0.25) is 5.02 Å². The van der Waals surface area contributed by atoms with Crippen molar-refractivity contribution in [3.8, 4) is 22.9 Å². The zero-order valence-electron chi connectivity index (χ0n) is 13.7. The molecule has 3 aromatic rings. The van der Waals surface area contributed by atoms with Crippen molar-refractivity contribution in [1.82, 2.24) is 15.2 Å². The molecule has 2 heterocycles. The van der Waals surface area contributed by atoms with Gasteiger partial charge in [-0.1, -0.05) is 17.7 Å². The number of aromatic nitrogens is 3. The summed E-state index contributed by atoms with van der Waals surface area (Å²) >= 11 is 6.83. The average Bonchev–Trinajstić information content (AvgIpc) is 3.30. The molecule has 0 amide bonds. The summed E-state index contributed by atoms with van der Waals surface area (Å²) in [6, 6.07) is 12.3. The molecule has 2 N–H and O–H groups in total. The number of benzene rings is 2. The Bertz CT molecular complexity index is 1030. The quantitative estimate of drug-likeness (QED) is 0.491. The fourth-order valence-corrected chi connectivity index (χ4v) is 3.25. The molecule has 0 bridgehead atoms. The molecule has 9 heteroatoms. The number of carboxylic acid groups (broad SMARTS) is 1. The number of carbonyl (C=O) groups is 1. The Labute approximate surface area is 163 Å². The summed E-state index contributed by atoms with van der Waals surface area (Å²) in [5.74, 6) is 0.678. The van der Waals surface area contributed by atoms with Crippen molar-refractivity contribution in [3.05, 3.63) is 58.0 Å². The molecule has 0 atom stereocenters. The van der Waals surface area contributed by atoms with Crippen molar-refractivity contribution >= 4 is 35.4 Å². The van der Waals surface area contributed by atoms with Crippen molar-refractivity contribution in [1.29, 1.82) is 0 Å². The number of nitrogens with one attached hydrogen (secondary N) is 1. The van der Waals surface area contributed by atoms with Crippen molar-refractivity contribution in [3.63, 3.8) is 0 Å². The number of ether oxygens (including phenoxy) is 2. The van der Waals surface area contributed by atoms with Crippen LogP contribution in [-0.2, 0) is 4.79 Å². The molecule has 27 heavy (non-hydrogen) atoms. The molecule has 0 fully saturated rings. The van der Waals surface area contributed by atoms with Gasteiger partial charge in [0.25, 0.3) is 0 Å². The minimum absolute atomic E-state index is 0.0792. The first kappa shape index (κ1) is 17.4. The molecule has 0 radical (unpaired) electrons. The normalized spacial score (nSPS) is 13.0. The molecule has 0 unspecified atom stereocenters. The monoisotopic (exact) mass is 401 g/mol. The molecule has 4 rings (SSSR count). The molecular formula is C18H12ClN3O4S. The van der Waals surface area contributed by atoms with Gasteiger partial charge in [-0.05, 0) is 59.8 Å². The van der Waals surface area contributed by atoms with Crippen LogP contribution >= 0.6 is 23.4 Å². The summed E-state index contributed by atoms with van der Waals surface area (Å²) in [5.41, 5.74) is 1.48. The second-order valence-electron chi connectivity index (χ2n) is 5.50. The Morgan fingerprint density at radius 3 is 2.74 bits per heavy atom. The van der Waals surface area contributed by atoms with Gasteiger partial charge in [0.15, 0.2) is 17.3 Å². The van der Waals surface area contributed by atoms with E-state index in [1.54, 1.807) is 42.5 Å². The maximum absolute atomic E-state index is 11.6. The molecule has 2 aromatic carbocycles. The minimum atomic E-state index is -1.07. The lowest BCUT2D eigenvalue weighted by molar-refractivity contribution is -0.131. The molecule has 1 aromatic heterocycles. The van der Waals surface area contributed by atoms with E-state index in [0.29, 0.717) is 33.1 Å². The fraction of sp³-hybridized carbons (Fsp3) is 0.0556. The first-order chi connectivity index (χ1) is 13.1. The maximum atomic E-state index is 11.6. The molecule has 0 saturated carbocycles. The van der Waals surface area contributed by atoms with E-state index in [1.807, 2.05) is 0 Å². The molecule has 1 aliphatic heterocycles. The van der Waals surface area contributed by atoms with E-state index in [2.05, 4.69) is 15.2 Å². The van der Waals surface area contributed by atoms with E-state index >= 15 is 0 Å². The van der Waals surface area contributed by atoms with Gasteiger partial charge in [-0.25, -0.2) is 9.78 Å². The van der Waals surface area contributed by atoms with Crippen LogP contribution in [0.1, 0.15) is 5.56 Å². The van der Waals surface area contributed by atoms with E-state index in [4.69, 9.17) is 21.1 Å². The maximum Gasteiger partial charge on any atom is 0.342 e. The third kappa shape index (κ3) is 3.91. The predicted molar refractivity (Wildman–Crippen MR) is 101 cm³/mol. The second kappa shape index (κ2) is 7.34. The highest BCUT2D eigenvalue weighted by atomic mass is 35.5. The number of rotatable bonds is 5. The number of aromatic amines is 1. The van der Waals surface area contributed by atoms with Gasteiger partial charge in [0, 0.05) is 10.6 Å². The number of thioether (sulfide) groups is 1. The first-order valence-electron chi connectivity index (χ1n) is 7.79. The third-order valence-electron chi connectivity index (χ3n) is 3.69. The van der Waals surface area contributed by atoms with Crippen molar-refractivity contribution < 1.29 is 19.4 Å². The van der Waals surface area contributed by atoms with Gasteiger partial charge in [-0.3, -0.25) is 5.10 Å². The number of hydrogen-bond acceptors (Lipinski definition) is 6.